The lowest BCUT2D eigenvalue weighted by atomic mass is 9.92. The van der Waals surface area contributed by atoms with Crippen LogP contribution in [0.25, 0.3) is 0 Å². The summed E-state index contributed by atoms with van der Waals surface area (Å²) in [5.74, 6) is -0.0820. The Kier molecular flexibility index (Phi) is 3.47. The van der Waals surface area contributed by atoms with Crippen molar-refractivity contribution in [1.82, 2.24) is 0 Å². The molecule has 0 saturated carbocycles. The second kappa shape index (κ2) is 5.03. The van der Waals surface area contributed by atoms with Gasteiger partial charge in [0.05, 0.1) is 13.2 Å². The smallest absolute Gasteiger partial charge is 0.163 e. The number of ether oxygens (including phenoxy) is 1. The summed E-state index contributed by atoms with van der Waals surface area (Å²) in [6.45, 7) is 0.881. The van der Waals surface area contributed by atoms with Crippen molar-refractivity contribution in [3.05, 3.63) is 35.9 Å². The highest BCUT2D eigenvalue weighted by atomic mass is 16.5. The fraction of sp³-hybridized carbons (Fsp3) is 0.385. The predicted octanol–water partition coefficient (Wildman–Crippen LogP) is 1.86. The molecule has 0 unspecified atom stereocenters. The van der Waals surface area contributed by atoms with Gasteiger partial charge < -0.3 is 4.74 Å². The third-order valence-electron chi connectivity index (χ3n) is 2.79. The van der Waals surface area contributed by atoms with Gasteiger partial charge in [-0.15, -0.1) is 0 Å². The van der Waals surface area contributed by atoms with Gasteiger partial charge in [-0.1, -0.05) is 30.3 Å². The van der Waals surface area contributed by atoms with Crippen molar-refractivity contribution >= 4 is 11.6 Å². The molecule has 0 radical (unpaired) electrons. The van der Waals surface area contributed by atoms with E-state index in [1.54, 1.807) is 12.1 Å². The number of Topliss-reactive ketones (excluding diaryl/α,β-unsaturated/α-hetero) is 2. The summed E-state index contributed by atoms with van der Waals surface area (Å²) >= 11 is 0. The molecule has 1 heterocycles. The first-order valence-corrected chi connectivity index (χ1v) is 5.46. The average molecular weight is 218 g/mol. The molecule has 1 aliphatic rings. The molecule has 0 bridgehead atoms. The summed E-state index contributed by atoms with van der Waals surface area (Å²) in [6.07, 6.45) is 0.704. The maximum absolute atomic E-state index is 11.9. The Hall–Kier alpha value is -1.48. The molecule has 0 aromatic heterocycles. The first kappa shape index (κ1) is 11.0. The van der Waals surface area contributed by atoms with Crippen molar-refractivity contribution < 1.29 is 14.3 Å². The molecule has 84 valence electrons. The Morgan fingerprint density at radius 1 is 1.31 bits per heavy atom. The van der Waals surface area contributed by atoms with Crippen LogP contribution in [-0.2, 0) is 9.53 Å². The Bertz CT molecular complexity index is 383. The van der Waals surface area contributed by atoms with Crippen LogP contribution in [0.5, 0.6) is 0 Å². The van der Waals surface area contributed by atoms with Crippen LogP contribution in [-0.4, -0.2) is 24.8 Å². The zero-order valence-electron chi connectivity index (χ0n) is 9.02. The van der Waals surface area contributed by atoms with Gasteiger partial charge in [-0.25, -0.2) is 0 Å². The van der Waals surface area contributed by atoms with E-state index in [0.717, 1.165) is 0 Å². The molecule has 16 heavy (non-hydrogen) atoms. The fourth-order valence-corrected chi connectivity index (χ4v) is 1.83. The van der Waals surface area contributed by atoms with Gasteiger partial charge in [-0.3, -0.25) is 9.59 Å². The number of rotatable bonds is 3. The molecule has 3 heteroatoms. The highest BCUT2D eigenvalue weighted by molar-refractivity contribution is 5.99. The van der Waals surface area contributed by atoms with Crippen LogP contribution >= 0.6 is 0 Å². The van der Waals surface area contributed by atoms with Crippen LogP contribution in [0.15, 0.2) is 30.3 Å². The van der Waals surface area contributed by atoms with E-state index < -0.39 is 0 Å². The Balaban J connectivity index is 1.99. The van der Waals surface area contributed by atoms with E-state index in [-0.39, 0.29) is 23.9 Å². The first-order chi connectivity index (χ1) is 7.77. The van der Waals surface area contributed by atoms with E-state index >= 15 is 0 Å². The quantitative estimate of drug-likeness (QED) is 0.727. The number of hydrogen-bond donors (Lipinski definition) is 0. The van der Waals surface area contributed by atoms with Crippen LogP contribution in [0.2, 0.25) is 0 Å². The molecule has 1 aromatic carbocycles. The molecule has 0 N–H and O–H groups in total. The van der Waals surface area contributed by atoms with Gasteiger partial charge in [-0.05, 0) is 0 Å². The third-order valence-corrected chi connectivity index (χ3v) is 2.79. The van der Waals surface area contributed by atoms with E-state index in [9.17, 15) is 9.59 Å². The molecular weight excluding hydrogens is 204 g/mol. The lowest BCUT2D eigenvalue weighted by molar-refractivity contribution is -0.130. The summed E-state index contributed by atoms with van der Waals surface area (Å²) in [5.41, 5.74) is 0.667. The molecule has 0 spiro atoms. The standard InChI is InChI=1S/C13H14O3/c14-12-6-7-16-9-11(12)8-13(15)10-4-2-1-3-5-10/h1-5,11H,6-9H2/t11-/m0/s1. The van der Waals surface area contributed by atoms with Crippen LogP contribution in [0.3, 0.4) is 0 Å². The van der Waals surface area contributed by atoms with E-state index in [4.69, 9.17) is 4.74 Å². The van der Waals surface area contributed by atoms with Crippen molar-refractivity contribution in [1.29, 1.82) is 0 Å². The zero-order valence-corrected chi connectivity index (χ0v) is 9.02. The Labute approximate surface area is 94.4 Å². The number of ketones is 2. The van der Waals surface area contributed by atoms with Crippen LogP contribution in [0.1, 0.15) is 23.2 Å². The Morgan fingerprint density at radius 2 is 2.06 bits per heavy atom. The lowest BCUT2D eigenvalue weighted by Gasteiger charge is -2.20. The predicted molar refractivity (Wildman–Crippen MR) is 59.3 cm³/mol. The number of benzene rings is 1. The minimum absolute atomic E-state index is 0.0180. The molecule has 3 nitrogen and oxygen atoms in total. The second-order valence-corrected chi connectivity index (χ2v) is 3.98. The van der Waals surface area contributed by atoms with Crippen LogP contribution in [0, 0.1) is 5.92 Å². The van der Waals surface area contributed by atoms with Crippen molar-refractivity contribution in [2.24, 2.45) is 5.92 Å². The topological polar surface area (TPSA) is 43.4 Å². The molecule has 0 amide bonds. The number of hydrogen-bond acceptors (Lipinski definition) is 3. The highest BCUT2D eigenvalue weighted by Crippen LogP contribution is 2.16. The molecule has 1 aliphatic heterocycles. The normalized spacial score (nSPS) is 20.8. The van der Waals surface area contributed by atoms with Gasteiger partial charge in [0.2, 0.25) is 0 Å². The summed E-state index contributed by atoms with van der Waals surface area (Å²) in [6, 6.07) is 9.07. The maximum atomic E-state index is 11.9. The molecule has 1 saturated heterocycles. The largest absolute Gasteiger partial charge is 0.380 e. The third kappa shape index (κ3) is 2.55. The second-order valence-electron chi connectivity index (χ2n) is 3.98. The molecule has 0 aliphatic carbocycles. The van der Waals surface area contributed by atoms with Gasteiger partial charge >= 0.3 is 0 Å². The van der Waals surface area contributed by atoms with Gasteiger partial charge in [0, 0.05) is 24.3 Å². The minimum Gasteiger partial charge on any atom is -0.380 e. The summed E-state index contributed by atoms with van der Waals surface area (Å²) in [4.78, 5) is 23.4. The van der Waals surface area contributed by atoms with Gasteiger partial charge in [0.25, 0.3) is 0 Å². The fourth-order valence-electron chi connectivity index (χ4n) is 1.83. The molecule has 1 atom stereocenters. The number of carbonyl (C=O) groups excluding carboxylic acids is 2. The van der Waals surface area contributed by atoms with Crippen molar-refractivity contribution in [3.63, 3.8) is 0 Å². The minimum atomic E-state index is -0.249. The van der Waals surface area contributed by atoms with E-state index in [2.05, 4.69) is 0 Å². The first-order valence-electron chi connectivity index (χ1n) is 5.46. The Morgan fingerprint density at radius 3 is 2.75 bits per heavy atom. The molecule has 1 fully saturated rings. The lowest BCUT2D eigenvalue weighted by Crippen LogP contribution is -2.29. The van der Waals surface area contributed by atoms with Crippen molar-refractivity contribution in [2.75, 3.05) is 13.2 Å². The summed E-state index contributed by atoms with van der Waals surface area (Å²) < 4.78 is 5.22. The summed E-state index contributed by atoms with van der Waals surface area (Å²) in [7, 11) is 0. The van der Waals surface area contributed by atoms with Crippen LogP contribution < -0.4 is 0 Å². The monoisotopic (exact) mass is 218 g/mol. The van der Waals surface area contributed by atoms with Crippen LogP contribution in [0.4, 0.5) is 0 Å². The van der Waals surface area contributed by atoms with Crippen molar-refractivity contribution in [3.8, 4) is 0 Å². The summed E-state index contributed by atoms with van der Waals surface area (Å²) in [5, 5.41) is 0. The van der Waals surface area contributed by atoms with E-state index in [1.807, 2.05) is 18.2 Å². The zero-order chi connectivity index (χ0) is 11.4. The SMILES string of the molecule is O=C(C[C@H]1COCCC1=O)c1ccccc1. The number of carbonyl (C=O) groups is 2. The van der Waals surface area contributed by atoms with Gasteiger partial charge in [-0.2, -0.15) is 0 Å². The van der Waals surface area contributed by atoms with Crippen molar-refractivity contribution in [2.45, 2.75) is 12.8 Å². The average Bonchev–Trinajstić information content (AvgIpc) is 2.33. The van der Waals surface area contributed by atoms with Gasteiger partial charge in [0.1, 0.15) is 5.78 Å². The molecule has 2 rings (SSSR count). The molecular formula is C13H14O3. The van der Waals surface area contributed by atoms with E-state index in [1.165, 1.54) is 0 Å². The molecule has 1 aromatic rings. The maximum Gasteiger partial charge on any atom is 0.163 e. The highest BCUT2D eigenvalue weighted by Gasteiger charge is 2.25. The van der Waals surface area contributed by atoms with Gasteiger partial charge in [0.15, 0.2) is 5.78 Å². The van der Waals surface area contributed by atoms with E-state index in [0.29, 0.717) is 25.2 Å².